The van der Waals surface area contributed by atoms with Crippen LogP contribution in [0.4, 0.5) is 17.1 Å². The largest absolute Gasteiger partial charge is 0.486 e. The van der Waals surface area contributed by atoms with Crippen LogP contribution in [-0.4, -0.2) is 54.7 Å². The molecule has 0 saturated carbocycles. The minimum absolute atomic E-state index is 0.117. The van der Waals surface area contributed by atoms with Gasteiger partial charge in [0.2, 0.25) is 5.91 Å². The molecule has 3 aromatic rings. The smallest absolute Gasteiger partial charge is 0.248 e. The van der Waals surface area contributed by atoms with Crippen LogP contribution in [0.5, 0.6) is 5.75 Å². The van der Waals surface area contributed by atoms with Crippen molar-refractivity contribution in [3.05, 3.63) is 65.9 Å². The van der Waals surface area contributed by atoms with Gasteiger partial charge in [-0.25, -0.2) is 0 Å². The van der Waals surface area contributed by atoms with Crippen molar-refractivity contribution >= 4 is 33.9 Å². The lowest BCUT2D eigenvalue weighted by molar-refractivity contribution is -0.112. The number of carbonyl (C=O) groups is 1. The predicted molar refractivity (Wildman–Crippen MR) is 147 cm³/mol. The van der Waals surface area contributed by atoms with Crippen molar-refractivity contribution in [2.45, 2.75) is 31.4 Å². The van der Waals surface area contributed by atoms with Gasteiger partial charge in [-0.05, 0) is 50.7 Å². The summed E-state index contributed by atoms with van der Waals surface area (Å²) in [4.78, 5) is 19.7. The average molecular weight is 508 g/mol. The first-order valence-electron chi connectivity index (χ1n) is 12.7. The maximum Gasteiger partial charge on any atom is 0.248 e. The van der Waals surface area contributed by atoms with Gasteiger partial charge in [-0.1, -0.05) is 18.1 Å². The summed E-state index contributed by atoms with van der Waals surface area (Å²) in [5.74, 6) is 2.88. The fourth-order valence-corrected chi connectivity index (χ4v) is 4.80. The van der Waals surface area contributed by atoms with Gasteiger partial charge in [-0.2, -0.15) is 5.26 Å². The molecule has 8 heteroatoms. The first-order chi connectivity index (χ1) is 18.5. The molecule has 0 spiro atoms. The van der Waals surface area contributed by atoms with Gasteiger partial charge >= 0.3 is 0 Å². The van der Waals surface area contributed by atoms with Crippen LogP contribution in [0.3, 0.4) is 0 Å². The van der Waals surface area contributed by atoms with Crippen molar-refractivity contribution in [2.24, 2.45) is 0 Å². The van der Waals surface area contributed by atoms with Crippen LogP contribution in [-0.2, 0) is 9.53 Å². The fraction of sp³-hybridized carbons (Fsp3) is 0.300. The number of ether oxygens (including phenoxy) is 2. The van der Waals surface area contributed by atoms with E-state index in [1.165, 1.54) is 6.20 Å². The first-order valence-corrected chi connectivity index (χ1v) is 12.7. The molecule has 8 nitrogen and oxygen atoms in total. The van der Waals surface area contributed by atoms with Gasteiger partial charge in [0, 0.05) is 47.4 Å². The summed E-state index contributed by atoms with van der Waals surface area (Å²) in [6, 6.07) is 13.4. The zero-order valence-electron chi connectivity index (χ0n) is 21.2. The fourth-order valence-electron chi connectivity index (χ4n) is 4.80. The number of hydrogen-bond acceptors (Lipinski definition) is 7. The topological polar surface area (TPSA) is 99.5 Å². The summed E-state index contributed by atoms with van der Waals surface area (Å²) in [7, 11) is 2.06. The third-order valence-corrected chi connectivity index (χ3v) is 6.87. The Kier molecular flexibility index (Phi) is 7.55. The summed E-state index contributed by atoms with van der Waals surface area (Å²) in [6.07, 6.45) is 13.4. The molecular weight excluding hydrogens is 478 g/mol. The summed E-state index contributed by atoms with van der Waals surface area (Å²) in [5, 5.41) is 16.8. The van der Waals surface area contributed by atoms with E-state index in [9.17, 15) is 10.1 Å². The monoisotopic (exact) mass is 507 g/mol. The lowest BCUT2D eigenvalue weighted by Gasteiger charge is -2.19. The van der Waals surface area contributed by atoms with Gasteiger partial charge in [-0.15, -0.1) is 6.42 Å². The van der Waals surface area contributed by atoms with Crippen molar-refractivity contribution in [3.8, 4) is 24.2 Å². The molecule has 2 atom stereocenters. The number of aromatic nitrogens is 1. The summed E-state index contributed by atoms with van der Waals surface area (Å²) in [6.45, 7) is 2.14. The molecule has 2 N–H and O–H groups in total. The van der Waals surface area contributed by atoms with E-state index in [1.807, 2.05) is 30.3 Å². The number of benzene rings is 2. The summed E-state index contributed by atoms with van der Waals surface area (Å²) in [5.41, 5.74) is 3.51. The summed E-state index contributed by atoms with van der Waals surface area (Å²) >= 11 is 0. The molecule has 38 heavy (non-hydrogen) atoms. The van der Waals surface area contributed by atoms with Gasteiger partial charge in [0.05, 0.1) is 35.7 Å². The molecule has 3 heterocycles. The number of carbonyl (C=O) groups excluding carboxylic acids is 1. The second-order valence-electron chi connectivity index (χ2n) is 9.52. The van der Waals surface area contributed by atoms with Crippen LogP contribution >= 0.6 is 0 Å². The Balaban J connectivity index is 1.53. The highest BCUT2D eigenvalue weighted by Gasteiger charge is 2.22. The molecule has 2 aromatic carbocycles. The molecule has 192 valence electrons. The van der Waals surface area contributed by atoms with Crippen LogP contribution in [0.25, 0.3) is 10.9 Å². The number of nitrogens with zero attached hydrogens (tertiary/aromatic N) is 3. The van der Waals surface area contributed by atoms with E-state index in [0.29, 0.717) is 52.4 Å². The number of fused-ring (bicyclic) bond motifs is 1. The van der Waals surface area contributed by atoms with Crippen molar-refractivity contribution in [2.75, 3.05) is 37.4 Å². The van der Waals surface area contributed by atoms with Gasteiger partial charge in [-0.3, -0.25) is 14.7 Å². The molecule has 0 aliphatic carbocycles. The quantitative estimate of drug-likeness (QED) is 0.356. The first kappa shape index (κ1) is 25.3. The van der Waals surface area contributed by atoms with Crippen LogP contribution < -0.4 is 15.4 Å². The van der Waals surface area contributed by atoms with Crippen LogP contribution in [0.1, 0.15) is 30.4 Å². The number of nitrogens with one attached hydrogen (secondary N) is 2. The number of terminal acetylenes is 1. The highest BCUT2D eigenvalue weighted by molar-refractivity contribution is 6.05. The number of hydrogen-bond donors (Lipinski definition) is 2. The number of nitriles is 1. The maximum atomic E-state index is 13.0. The van der Waals surface area contributed by atoms with Crippen molar-refractivity contribution < 1.29 is 14.3 Å². The van der Waals surface area contributed by atoms with Gasteiger partial charge in [0.1, 0.15) is 17.9 Å². The molecular formula is C30H29N5O3. The predicted octanol–water partition coefficient (Wildman–Crippen LogP) is 4.59. The molecule has 0 radical (unpaired) electrons. The minimum Gasteiger partial charge on any atom is -0.486 e. The van der Waals surface area contributed by atoms with E-state index in [2.05, 4.69) is 39.6 Å². The lowest BCUT2D eigenvalue weighted by atomic mass is 10.1. The zero-order chi connectivity index (χ0) is 26.5. The molecule has 0 bridgehead atoms. The van der Waals surface area contributed by atoms with E-state index in [0.717, 1.165) is 31.5 Å². The Morgan fingerprint density at radius 1 is 1.32 bits per heavy atom. The molecule has 2 fully saturated rings. The number of pyridine rings is 1. The highest BCUT2D eigenvalue weighted by atomic mass is 16.5. The number of amides is 1. The van der Waals surface area contributed by atoms with Gasteiger partial charge in [0.15, 0.2) is 0 Å². The number of likely N-dealkylation sites (tertiary alicyclic amines) is 1. The Labute approximate surface area is 222 Å². The molecule has 1 amide bonds. The van der Waals surface area contributed by atoms with Gasteiger partial charge in [0.25, 0.3) is 0 Å². The Morgan fingerprint density at radius 3 is 2.95 bits per heavy atom. The molecule has 1 aromatic heterocycles. The lowest BCUT2D eigenvalue weighted by Crippen LogP contribution is -2.23. The molecule has 2 aliphatic heterocycles. The van der Waals surface area contributed by atoms with Crippen LogP contribution in [0, 0.1) is 23.7 Å². The SMILES string of the molecule is C#Cc1cccc(Nc2c(C#N)cnc3cc(O[C@H]4CCOC4)c(NC(=O)/C=C/C4CCCN4C)cc23)c1. The van der Waals surface area contributed by atoms with Crippen LogP contribution in [0.15, 0.2) is 54.7 Å². The molecule has 1 unspecified atom stereocenters. The Bertz CT molecular complexity index is 1460. The van der Waals surface area contributed by atoms with E-state index in [-0.39, 0.29) is 18.1 Å². The number of rotatable bonds is 7. The van der Waals surface area contributed by atoms with Crippen molar-refractivity contribution in [1.82, 2.24) is 9.88 Å². The maximum absolute atomic E-state index is 13.0. The van der Waals surface area contributed by atoms with Crippen molar-refractivity contribution in [3.63, 3.8) is 0 Å². The molecule has 2 aliphatic rings. The second kappa shape index (κ2) is 11.4. The van der Waals surface area contributed by atoms with E-state index >= 15 is 0 Å². The summed E-state index contributed by atoms with van der Waals surface area (Å²) < 4.78 is 11.7. The normalized spacial score (nSPS) is 19.3. The third-order valence-electron chi connectivity index (χ3n) is 6.87. The zero-order valence-corrected chi connectivity index (χ0v) is 21.2. The van der Waals surface area contributed by atoms with E-state index in [1.54, 1.807) is 18.2 Å². The minimum atomic E-state index is -0.252. The Morgan fingerprint density at radius 2 is 2.21 bits per heavy atom. The number of anilines is 3. The van der Waals surface area contributed by atoms with Crippen LogP contribution in [0.2, 0.25) is 0 Å². The number of likely N-dealkylation sites (N-methyl/N-ethyl adjacent to an activating group) is 1. The van der Waals surface area contributed by atoms with E-state index < -0.39 is 0 Å². The van der Waals surface area contributed by atoms with Gasteiger partial charge < -0.3 is 20.1 Å². The van der Waals surface area contributed by atoms with Crippen molar-refractivity contribution in [1.29, 1.82) is 5.26 Å². The second-order valence-corrected chi connectivity index (χ2v) is 9.52. The highest BCUT2D eigenvalue weighted by Crippen LogP contribution is 2.37. The standard InChI is InChI=1S/C30H29N5O3/c1-3-20-6-4-7-22(14-20)33-30-21(17-31)18-32-26-16-28(38-24-11-13-37-19-24)27(15-25(26)30)34-29(36)10-9-23-8-5-12-35(23)2/h1,4,6-7,9-10,14-16,18,23-24H,5,8,11-13,19H2,2H3,(H,32,33)(H,34,36)/b10-9+/t23?,24-/m0/s1. The Hall–Kier alpha value is -4.37. The average Bonchev–Trinajstić information content (AvgIpc) is 3.59. The molecule has 2 saturated heterocycles. The third kappa shape index (κ3) is 5.63. The molecule has 5 rings (SSSR count). The van der Waals surface area contributed by atoms with E-state index in [4.69, 9.17) is 15.9 Å².